The summed E-state index contributed by atoms with van der Waals surface area (Å²) in [6.45, 7) is 0. The molecule has 5 heteroatoms. The predicted octanol–water partition coefficient (Wildman–Crippen LogP) is 4.63. The summed E-state index contributed by atoms with van der Waals surface area (Å²) in [7, 11) is 1.60. The van der Waals surface area contributed by atoms with Gasteiger partial charge in [-0.3, -0.25) is 0 Å². The maximum absolute atomic E-state index is 13.3. The maximum Gasteiger partial charge on any atom is 0.144 e. The first-order valence-corrected chi connectivity index (χ1v) is 7.85. The number of H-pyrrole nitrogens is 1. The summed E-state index contributed by atoms with van der Waals surface area (Å²) in [5.41, 5.74) is 10.2. The molecule has 2 heterocycles. The molecule has 0 unspecified atom stereocenters. The van der Waals surface area contributed by atoms with E-state index < -0.39 is 0 Å². The molecule has 0 bridgehead atoms. The molecule has 4 rings (SSSR count). The van der Waals surface area contributed by atoms with E-state index in [0.717, 1.165) is 27.8 Å². The number of benzene rings is 2. The molecular formula is C20H16FN3O. The molecule has 0 fully saturated rings. The minimum atomic E-state index is -0.277. The second-order valence-electron chi connectivity index (χ2n) is 5.72. The van der Waals surface area contributed by atoms with Crippen LogP contribution in [0.2, 0.25) is 0 Å². The fraction of sp³-hybridized carbons (Fsp3) is 0.0500. The molecule has 0 aliphatic heterocycles. The summed E-state index contributed by atoms with van der Waals surface area (Å²) in [6, 6.07) is 18.0. The summed E-state index contributed by atoms with van der Waals surface area (Å²) < 4.78 is 18.9. The van der Waals surface area contributed by atoms with Crippen molar-refractivity contribution in [3.63, 3.8) is 0 Å². The number of hydrogen-bond acceptors (Lipinski definition) is 3. The zero-order chi connectivity index (χ0) is 17.4. The van der Waals surface area contributed by atoms with E-state index in [1.807, 2.05) is 30.3 Å². The fourth-order valence-electron chi connectivity index (χ4n) is 3.07. The fourth-order valence-corrected chi connectivity index (χ4v) is 3.07. The first kappa shape index (κ1) is 15.2. The van der Waals surface area contributed by atoms with Crippen LogP contribution in [0.3, 0.4) is 0 Å². The number of methoxy groups -OCH3 is 1. The van der Waals surface area contributed by atoms with Crippen molar-refractivity contribution in [3.8, 4) is 28.1 Å². The summed E-state index contributed by atoms with van der Waals surface area (Å²) in [4.78, 5) is 7.72. The Morgan fingerprint density at radius 2 is 1.72 bits per heavy atom. The number of fused-ring (bicyclic) bond motifs is 1. The number of nitrogen functional groups attached to an aromatic ring is 1. The van der Waals surface area contributed by atoms with E-state index in [9.17, 15) is 4.39 Å². The van der Waals surface area contributed by atoms with Crippen LogP contribution in [0.15, 0.2) is 60.7 Å². The minimum Gasteiger partial charge on any atom is -0.496 e. The molecular weight excluding hydrogens is 317 g/mol. The van der Waals surface area contributed by atoms with Crippen LogP contribution in [0.4, 0.5) is 10.2 Å². The highest BCUT2D eigenvalue weighted by atomic mass is 19.1. The standard InChI is InChI=1S/C20H16FN3O/c1-25-15-11-16(22)23-20-18(15)17(12-5-3-2-4-6-12)19(24-20)13-7-9-14(21)10-8-13/h2-11H,1H3,(H3,22,23,24). The molecule has 4 aromatic rings. The van der Waals surface area contributed by atoms with Crippen LogP contribution in [0.25, 0.3) is 33.4 Å². The van der Waals surface area contributed by atoms with Crippen molar-refractivity contribution in [2.45, 2.75) is 0 Å². The molecule has 0 radical (unpaired) electrons. The van der Waals surface area contributed by atoms with Gasteiger partial charge in [0.05, 0.1) is 18.2 Å². The number of anilines is 1. The second-order valence-corrected chi connectivity index (χ2v) is 5.72. The van der Waals surface area contributed by atoms with Crippen molar-refractivity contribution >= 4 is 16.9 Å². The van der Waals surface area contributed by atoms with Crippen LogP contribution in [0.5, 0.6) is 5.75 Å². The van der Waals surface area contributed by atoms with Crippen LogP contribution in [0, 0.1) is 5.82 Å². The van der Waals surface area contributed by atoms with Gasteiger partial charge in [-0.15, -0.1) is 0 Å². The SMILES string of the molecule is COc1cc(N)nc2[nH]c(-c3ccc(F)cc3)c(-c3ccccc3)c12. The molecule has 0 saturated carbocycles. The number of nitrogens with one attached hydrogen (secondary N) is 1. The Morgan fingerprint density at radius 1 is 1.00 bits per heavy atom. The highest BCUT2D eigenvalue weighted by Crippen LogP contribution is 2.42. The number of nitrogens with two attached hydrogens (primary N) is 1. The van der Waals surface area contributed by atoms with Gasteiger partial charge in [0.25, 0.3) is 0 Å². The molecule has 0 aliphatic carbocycles. The Kier molecular flexibility index (Phi) is 3.61. The van der Waals surface area contributed by atoms with Gasteiger partial charge in [-0.2, -0.15) is 0 Å². The van der Waals surface area contributed by atoms with Gasteiger partial charge in [-0.1, -0.05) is 30.3 Å². The summed E-state index contributed by atoms with van der Waals surface area (Å²) in [5, 5.41) is 0.849. The molecule has 0 amide bonds. The Labute approximate surface area is 144 Å². The summed E-state index contributed by atoms with van der Waals surface area (Å²) >= 11 is 0. The van der Waals surface area contributed by atoms with Crippen molar-refractivity contribution < 1.29 is 9.13 Å². The average molecular weight is 333 g/mol. The number of pyridine rings is 1. The van der Waals surface area contributed by atoms with E-state index >= 15 is 0 Å². The number of aromatic amines is 1. The molecule has 0 atom stereocenters. The molecule has 0 spiro atoms. The van der Waals surface area contributed by atoms with Crippen molar-refractivity contribution in [1.29, 1.82) is 0 Å². The number of hydrogen-bond donors (Lipinski definition) is 2. The zero-order valence-corrected chi connectivity index (χ0v) is 13.6. The highest BCUT2D eigenvalue weighted by Gasteiger charge is 2.20. The van der Waals surface area contributed by atoms with E-state index in [4.69, 9.17) is 10.5 Å². The smallest absolute Gasteiger partial charge is 0.144 e. The van der Waals surface area contributed by atoms with Gasteiger partial charge in [0.1, 0.15) is 23.0 Å². The van der Waals surface area contributed by atoms with Crippen LogP contribution < -0.4 is 10.5 Å². The molecule has 25 heavy (non-hydrogen) atoms. The molecule has 0 saturated heterocycles. The number of rotatable bonds is 3. The van der Waals surface area contributed by atoms with Crippen LogP contribution in [-0.2, 0) is 0 Å². The van der Waals surface area contributed by atoms with Gasteiger partial charge in [-0.25, -0.2) is 9.37 Å². The maximum atomic E-state index is 13.3. The average Bonchev–Trinajstić information content (AvgIpc) is 3.01. The minimum absolute atomic E-state index is 0.277. The number of aromatic nitrogens is 2. The lowest BCUT2D eigenvalue weighted by Gasteiger charge is -2.08. The molecule has 2 aromatic heterocycles. The number of halogens is 1. The predicted molar refractivity (Wildman–Crippen MR) is 97.9 cm³/mol. The Balaban J connectivity index is 2.10. The van der Waals surface area contributed by atoms with Crippen LogP contribution in [0.1, 0.15) is 0 Å². The van der Waals surface area contributed by atoms with E-state index in [1.165, 1.54) is 12.1 Å². The van der Waals surface area contributed by atoms with E-state index in [0.29, 0.717) is 17.2 Å². The van der Waals surface area contributed by atoms with Crippen molar-refractivity contribution in [2.24, 2.45) is 0 Å². The largest absolute Gasteiger partial charge is 0.496 e. The topological polar surface area (TPSA) is 63.9 Å². The lowest BCUT2D eigenvalue weighted by molar-refractivity contribution is 0.420. The number of ether oxygens (including phenoxy) is 1. The Bertz CT molecular complexity index is 1040. The van der Waals surface area contributed by atoms with Crippen LogP contribution in [-0.4, -0.2) is 17.1 Å². The monoisotopic (exact) mass is 333 g/mol. The third-order valence-electron chi connectivity index (χ3n) is 4.16. The molecule has 4 nitrogen and oxygen atoms in total. The van der Waals surface area contributed by atoms with Crippen molar-refractivity contribution in [2.75, 3.05) is 12.8 Å². The normalized spacial score (nSPS) is 11.0. The number of nitrogens with zero attached hydrogens (tertiary/aromatic N) is 1. The van der Waals surface area contributed by atoms with Gasteiger partial charge < -0.3 is 15.5 Å². The first-order valence-electron chi connectivity index (χ1n) is 7.85. The van der Waals surface area contributed by atoms with Gasteiger partial charge in [0.2, 0.25) is 0 Å². The molecule has 2 aromatic carbocycles. The van der Waals surface area contributed by atoms with E-state index in [2.05, 4.69) is 9.97 Å². The zero-order valence-electron chi connectivity index (χ0n) is 13.6. The molecule has 0 aliphatic rings. The summed E-state index contributed by atoms with van der Waals surface area (Å²) in [6.07, 6.45) is 0. The highest BCUT2D eigenvalue weighted by molar-refractivity contribution is 6.06. The third kappa shape index (κ3) is 2.59. The molecule has 3 N–H and O–H groups in total. The van der Waals surface area contributed by atoms with Crippen molar-refractivity contribution in [1.82, 2.24) is 9.97 Å². The van der Waals surface area contributed by atoms with Gasteiger partial charge in [0.15, 0.2) is 0 Å². The van der Waals surface area contributed by atoms with Gasteiger partial charge in [-0.05, 0) is 35.4 Å². The van der Waals surface area contributed by atoms with E-state index in [-0.39, 0.29) is 5.82 Å². The molecule has 124 valence electrons. The quantitative estimate of drug-likeness (QED) is 0.575. The van der Waals surface area contributed by atoms with Crippen molar-refractivity contribution in [3.05, 3.63) is 66.5 Å². The second kappa shape index (κ2) is 5.94. The van der Waals surface area contributed by atoms with Gasteiger partial charge in [0, 0.05) is 11.6 Å². The summed E-state index contributed by atoms with van der Waals surface area (Å²) in [5.74, 6) is 0.739. The first-order chi connectivity index (χ1) is 12.2. The van der Waals surface area contributed by atoms with Crippen LogP contribution >= 0.6 is 0 Å². The lowest BCUT2D eigenvalue weighted by Crippen LogP contribution is -1.93. The lowest BCUT2D eigenvalue weighted by atomic mass is 9.98. The van der Waals surface area contributed by atoms with E-state index in [1.54, 1.807) is 25.3 Å². The Morgan fingerprint density at radius 3 is 2.40 bits per heavy atom. The Hall–Kier alpha value is -3.34. The van der Waals surface area contributed by atoms with Gasteiger partial charge >= 0.3 is 0 Å². The third-order valence-corrected chi connectivity index (χ3v) is 4.16.